The van der Waals surface area contributed by atoms with Crippen LogP contribution in [0.4, 0.5) is 5.13 Å². The molecule has 0 saturated carbocycles. The maximum atomic E-state index is 12.8. The number of anilines is 1. The van der Waals surface area contributed by atoms with Gasteiger partial charge in [-0.05, 0) is 55.0 Å². The van der Waals surface area contributed by atoms with Crippen molar-refractivity contribution < 1.29 is 14.3 Å². The van der Waals surface area contributed by atoms with Crippen LogP contribution in [0.1, 0.15) is 34.2 Å². The maximum absolute atomic E-state index is 12.8. The number of carbonyl (C=O) groups is 2. The van der Waals surface area contributed by atoms with Gasteiger partial charge in [-0.1, -0.05) is 60.0 Å². The van der Waals surface area contributed by atoms with Crippen molar-refractivity contribution >= 4 is 51.8 Å². The highest BCUT2D eigenvalue weighted by atomic mass is 32.2. The molecule has 0 unspecified atom stereocenters. The van der Waals surface area contributed by atoms with E-state index in [-0.39, 0.29) is 24.1 Å². The van der Waals surface area contributed by atoms with Gasteiger partial charge >= 0.3 is 0 Å². The smallest absolute Gasteiger partial charge is 0.251 e. The Morgan fingerprint density at radius 1 is 1.05 bits per heavy atom. The Balaban J connectivity index is 1.51. The number of nitrogens with one attached hydrogen (secondary N) is 2. The van der Waals surface area contributed by atoms with Crippen molar-refractivity contribution in [1.29, 1.82) is 0 Å². The average Bonchev–Trinajstić information content (AvgIpc) is 3.54. The molecule has 0 saturated heterocycles. The monoisotopic (exact) mass is 569 g/mol. The normalized spacial score (nSPS) is 10.8. The van der Waals surface area contributed by atoms with Gasteiger partial charge in [0.2, 0.25) is 11.0 Å². The predicted molar refractivity (Wildman–Crippen MR) is 151 cm³/mol. The minimum Gasteiger partial charge on any atom is -0.497 e. The quantitative estimate of drug-likeness (QED) is 0.198. The lowest BCUT2D eigenvalue weighted by atomic mass is 10.1. The summed E-state index contributed by atoms with van der Waals surface area (Å²) in [6.45, 7) is 6.18. The van der Waals surface area contributed by atoms with Crippen LogP contribution in [0.3, 0.4) is 0 Å². The summed E-state index contributed by atoms with van der Waals surface area (Å²) in [5.74, 6) is 1.66. The van der Waals surface area contributed by atoms with E-state index in [1.165, 1.54) is 23.1 Å². The highest BCUT2D eigenvalue weighted by Gasteiger charge is 2.19. The summed E-state index contributed by atoms with van der Waals surface area (Å²) in [7, 11) is 1.56. The number of aromatic nitrogens is 5. The van der Waals surface area contributed by atoms with Crippen LogP contribution in [0.15, 0.2) is 52.0 Å². The molecule has 198 valence electrons. The molecule has 0 fully saturated rings. The standard InChI is InChI=1S/C25H27N7O3S3/c1-5-36-25-31-29-23(38-25)27-21(33)14-37-24-30-28-20(32(24)19-11-15(2)9-10-16(19)3)13-26-22(34)17-7-6-8-18(12-17)35-4/h6-12H,5,13-14H2,1-4H3,(H,26,34)(H,27,29,33). The highest BCUT2D eigenvalue weighted by Crippen LogP contribution is 2.27. The van der Waals surface area contributed by atoms with Gasteiger partial charge < -0.3 is 10.1 Å². The van der Waals surface area contributed by atoms with Gasteiger partial charge in [0, 0.05) is 5.56 Å². The van der Waals surface area contributed by atoms with E-state index in [1.807, 2.05) is 43.5 Å². The van der Waals surface area contributed by atoms with Gasteiger partial charge in [-0.15, -0.1) is 20.4 Å². The molecule has 2 aromatic carbocycles. The number of methoxy groups -OCH3 is 1. The van der Waals surface area contributed by atoms with Crippen molar-refractivity contribution in [3.8, 4) is 11.4 Å². The number of ether oxygens (including phenoxy) is 1. The summed E-state index contributed by atoms with van der Waals surface area (Å²) in [6.07, 6.45) is 0. The zero-order chi connectivity index (χ0) is 27.1. The Labute approximate surface area is 233 Å². The first-order chi connectivity index (χ1) is 18.4. The lowest BCUT2D eigenvalue weighted by Gasteiger charge is -2.14. The largest absolute Gasteiger partial charge is 0.497 e. The number of benzene rings is 2. The number of thioether (sulfide) groups is 2. The molecule has 0 atom stereocenters. The molecule has 10 nitrogen and oxygen atoms in total. The van der Waals surface area contributed by atoms with Crippen molar-refractivity contribution in [2.24, 2.45) is 0 Å². The minimum absolute atomic E-state index is 0.106. The predicted octanol–water partition coefficient (Wildman–Crippen LogP) is 4.52. The van der Waals surface area contributed by atoms with Gasteiger partial charge in [-0.2, -0.15) is 0 Å². The van der Waals surface area contributed by atoms with E-state index in [1.54, 1.807) is 43.1 Å². The Kier molecular flexibility index (Phi) is 9.37. The molecular formula is C25H27N7O3S3. The molecule has 2 heterocycles. The van der Waals surface area contributed by atoms with Crippen LogP contribution in [-0.4, -0.2) is 55.4 Å². The Hall–Kier alpha value is -3.42. The summed E-state index contributed by atoms with van der Waals surface area (Å²) in [4.78, 5) is 25.4. The van der Waals surface area contributed by atoms with Gasteiger partial charge in [0.1, 0.15) is 5.75 Å². The van der Waals surface area contributed by atoms with E-state index in [9.17, 15) is 9.59 Å². The second-order valence-electron chi connectivity index (χ2n) is 8.08. The molecule has 0 bridgehead atoms. The summed E-state index contributed by atoms with van der Waals surface area (Å²) in [5.41, 5.74) is 3.44. The van der Waals surface area contributed by atoms with Gasteiger partial charge in [0.15, 0.2) is 15.3 Å². The van der Waals surface area contributed by atoms with Crippen LogP contribution >= 0.6 is 34.9 Å². The third kappa shape index (κ3) is 6.91. The van der Waals surface area contributed by atoms with E-state index < -0.39 is 0 Å². The van der Waals surface area contributed by atoms with Crippen LogP contribution in [0, 0.1) is 13.8 Å². The molecular weight excluding hydrogens is 543 g/mol. The van der Waals surface area contributed by atoms with Crippen molar-refractivity contribution in [3.63, 3.8) is 0 Å². The number of nitrogens with zero attached hydrogens (tertiary/aromatic N) is 5. The second kappa shape index (κ2) is 12.9. The number of hydrogen-bond acceptors (Lipinski definition) is 10. The fraction of sp³-hybridized carbons (Fsp3) is 0.280. The lowest BCUT2D eigenvalue weighted by Crippen LogP contribution is -2.25. The number of rotatable bonds is 11. The third-order valence-corrected chi connectivity index (χ3v) is 8.08. The summed E-state index contributed by atoms with van der Waals surface area (Å²) in [5, 5.41) is 23.5. The Bertz CT molecular complexity index is 1440. The van der Waals surface area contributed by atoms with E-state index >= 15 is 0 Å². The van der Waals surface area contributed by atoms with Crippen molar-refractivity contribution in [2.75, 3.05) is 23.9 Å². The van der Waals surface area contributed by atoms with E-state index in [0.29, 0.717) is 27.4 Å². The van der Waals surface area contributed by atoms with E-state index in [4.69, 9.17) is 4.74 Å². The number of aryl methyl sites for hydroxylation is 2. The fourth-order valence-corrected chi connectivity index (χ4v) is 5.89. The maximum Gasteiger partial charge on any atom is 0.251 e. The van der Waals surface area contributed by atoms with Crippen LogP contribution < -0.4 is 15.4 Å². The first kappa shape index (κ1) is 27.6. The van der Waals surface area contributed by atoms with Crippen LogP contribution in [0.5, 0.6) is 5.75 Å². The Morgan fingerprint density at radius 2 is 1.89 bits per heavy atom. The van der Waals surface area contributed by atoms with Gasteiger partial charge in [-0.3, -0.25) is 19.5 Å². The third-order valence-electron chi connectivity index (χ3n) is 5.30. The molecule has 0 radical (unpaired) electrons. The molecule has 0 aliphatic rings. The van der Waals surface area contributed by atoms with Gasteiger partial charge in [-0.25, -0.2) is 0 Å². The molecule has 2 amide bonds. The van der Waals surface area contributed by atoms with Crippen LogP contribution in [-0.2, 0) is 11.3 Å². The van der Waals surface area contributed by atoms with Crippen molar-refractivity contribution in [1.82, 2.24) is 30.3 Å². The zero-order valence-electron chi connectivity index (χ0n) is 21.3. The minimum atomic E-state index is -0.259. The molecule has 2 N–H and O–H groups in total. The second-order valence-corrected chi connectivity index (χ2v) is 11.5. The number of amides is 2. The number of hydrogen-bond donors (Lipinski definition) is 2. The van der Waals surface area contributed by atoms with Gasteiger partial charge in [0.25, 0.3) is 5.91 Å². The summed E-state index contributed by atoms with van der Waals surface area (Å²) >= 11 is 4.18. The fourth-order valence-electron chi connectivity index (χ4n) is 3.46. The molecule has 38 heavy (non-hydrogen) atoms. The highest BCUT2D eigenvalue weighted by molar-refractivity contribution is 8.01. The molecule has 0 aliphatic heterocycles. The van der Waals surface area contributed by atoms with Gasteiger partial charge in [0.05, 0.1) is 25.1 Å². The van der Waals surface area contributed by atoms with E-state index in [2.05, 4.69) is 31.0 Å². The zero-order valence-corrected chi connectivity index (χ0v) is 23.8. The van der Waals surface area contributed by atoms with E-state index in [0.717, 1.165) is 26.9 Å². The summed E-state index contributed by atoms with van der Waals surface area (Å²) in [6, 6.07) is 13.0. The molecule has 0 aliphatic carbocycles. The topological polar surface area (TPSA) is 124 Å². The number of carbonyl (C=O) groups excluding carboxylic acids is 2. The summed E-state index contributed by atoms with van der Waals surface area (Å²) < 4.78 is 7.91. The molecule has 13 heteroatoms. The first-order valence-electron chi connectivity index (χ1n) is 11.7. The molecule has 4 rings (SSSR count). The average molecular weight is 570 g/mol. The molecule has 2 aromatic heterocycles. The molecule has 0 spiro atoms. The SMILES string of the molecule is CCSc1nnc(NC(=O)CSc2nnc(CNC(=O)c3cccc(OC)c3)n2-c2cc(C)ccc2C)s1. The first-order valence-corrected chi connectivity index (χ1v) is 14.5. The van der Waals surface area contributed by atoms with Crippen molar-refractivity contribution in [2.45, 2.75) is 36.8 Å². The van der Waals surface area contributed by atoms with Crippen molar-refractivity contribution in [3.05, 3.63) is 65.0 Å². The Morgan fingerprint density at radius 3 is 2.68 bits per heavy atom. The lowest BCUT2D eigenvalue weighted by molar-refractivity contribution is -0.113. The van der Waals surface area contributed by atoms with Crippen LogP contribution in [0.25, 0.3) is 5.69 Å². The van der Waals surface area contributed by atoms with Crippen LogP contribution in [0.2, 0.25) is 0 Å². The molecule has 4 aromatic rings.